The van der Waals surface area contributed by atoms with E-state index >= 15 is 4.39 Å². The number of fused-ring (bicyclic) bond motifs is 3. The maximum atomic E-state index is 15.1. The molecule has 0 saturated carbocycles. The van der Waals surface area contributed by atoms with Gasteiger partial charge in [-0.15, -0.1) is 0 Å². The molecule has 0 fully saturated rings. The first-order valence-electron chi connectivity index (χ1n) is 8.45. The van der Waals surface area contributed by atoms with Gasteiger partial charge >= 0.3 is 0 Å². The molecule has 3 aromatic carbocycles. The van der Waals surface area contributed by atoms with E-state index in [0.717, 1.165) is 23.1 Å². The van der Waals surface area contributed by atoms with Gasteiger partial charge in [0, 0.05) is 5.56 Å². The topological polar surface area (TPSA) is 0 Å². The molecule has 1 unspecified atom stereocenters. The first kappa shape index (κ1) is 15.9. The van der Waals surface area contributed by atoms with Gasteiger partial charge < -0.3 is 0 Å². The summed E-state index contributed by atoms with van der Waals surface area (Å²) >= 11 is 0. The normalized spacial score (nSPS) is 15.1. The molecule has 126 valence electrons. The van der Waals surface area contributed by atoms with Crippen LogP contribution >= 0.6 is 0 Å². The van der Waals surface area contributed by atoms with Gasteiger partial charge in [-0.05, 0) is 58.0 Å². The Kier molecular flexibility index (Phi) is 3.87. The summed E-state index contributed by atoms with van der Waals surface area (Å²) in [6.07, 6.45) is -0.0562. The molecule has 0 bridgehead atoms. The van der Waals surface area contributed by atoms with Crippen molar-refractivity contribution in [2.24, 2.45) is 0 Å². The average Bonchev–Trinajstić information content (AvgIpc) is 2.91. The molecule has 0 amide bonds. The van der Waals surface area contributed by atoms with E-state index in [1.54, 1.807) is 24.3 Å². The largest absolute Gasteiger partial charge is 0.237 e. The SMILES string of the molecule is CCCc1ccc2c(c1F)C(F)c1cc(-c3ccc(F)cc3)ccc1-2. The lowest BCUT2D eigenvalue weighted by Crippen LogP contribution is -1.98. The number of hydrogen-bond donors (Lipinski definition) is 0. The van der Waals surface area contributed by atoms with Gasteiger partial charge in [0.25, 0.3) is 0 Å². The molecule has 3 aromatic rings. The first-order chi connectivity index (χ1) is 12.1. The Labute approximate surface area is 144 Å². The zero-order chi connectivity index (χ0) is 17.6. The van der Waals surface area contributed by atoms with E-state index in [9.17, 15) is 8.78 Å². The van der Waals surface area contributed by atoms with E-state index in [-0.39, 0.29) is 11.4 Å². The van der Waals surface area contributed by atoms with Crippen LogP contribution in [-0.4, -0.2) is 0 Å². The highest BCUT2D eigenvalue weighted by Gasteiger charge is 2.32. The van der Waals surface area contributed by atoms with Crippen molar-refractivity contribution in [1.82, 2.24) is 0 Å². The van der Waals surface area contributed by atoms with Crippen LogP contribution in [0.15, 0.2) is 54.6 Å². The Balaban J connectivity index is 1.81. The van der Waals surface area contributed by atoms with Crippen LogP contribution in [0, 0.1) is 11.6 Å². The quantitative estimate of drug-likeness (QED) is 0.503. The lowest BCUT2D eigenvalue weighted by molar-refractivity contribution is 0.394. The molecule has 0 nitrogen and oxygen atoms in total. The minimum Gasteiger partial charge on any atom is -0.237 e. The number of aryl methyl sites for hydroxylation is 1. The molecule has 0 aliphatic heterocycles. The monoisotopic (exact) mass is 338 g/mol. The minimum absolute atomic E-state index is 0.150. The highest BCUT2D eigenvalue weighted by molar-refractivity contribution is 5.82. The van der Waals surface area contributed by atoms with Gasteiger partial charge in [0.1, 0.15) is 11.6 Å². The molecule has 0 aromatic heterocycles. The van der Waals surface area contributed by atoms with Crippen LogP contribution in [0.4, 0.5) is 13.2 Å². The van der Waals surface area contributed by atoms with Crippen molar-refractivity contribution in [3.63, 3.8) is 0 Å². The van der Waals surface area contributed by atoms with Crippen LogP contribution in [0.25, 0.3) is 22.3 Å². The van der Waals surface area contributed by atoms with Gasteiger partial charge in [0.15, 0.2) is 6.17 Å². The summed E-state index contributed by atoms with van der Waals surface area (Å²) in [7, 11) is 0. The lowest BCUT2D eigenvalue weighted by Gasteiger charge is -2.09. The highest BCUT2D eigenvalue weighted by Crippen LogP contribution is 2.48. The van der Waals surface area contributed by atoms with Crippen molar-refractivity contribution < 1.29 is 13.2 Å². The Bertz CT molecular complexity index is 942. The van der Waals surface area contributed by atoms with Gasteiger partial charge in [-0.3, -0.25) is 0 Å². The lowest BCUT2D eigenvalue weighted by atomic mass is 9.98. The van der Waals surface area contributed by atoms with Crippen molar-refractivity contribution in [2.75, 3.05) is 0 Å². The summed E-state index contributed by atoms with van der Waals surface area (Å²) in [5, 5.41) is 0. The Hall–Kier alpha value is -2.55. The second kappa shape index (κ2) is 6.07. The standard InChI is InChI=1S/C22H17F3/c1-2-3-14-6-11-18-17-10-7-15(13-4-8-16(23)9-5-13)12-19(17)22(25)20(18)21(14)24/h4-12,22H,2-3H2,1H3. The number of hydrogen-bond acceptors (Lipinski definition) is 0. The smallest absolute Gasteiger partial charge is 0.154 e. The molecule has 1 aliphatic carbocycles. The molecule has 1 atom stereocenters. The van der Waals surface area contributed by atoms with Crippen molar-refractivity contribution in [2.45, 2.75) is 25.9 Å². The minimum atomic E-state index is -1.47. The second-order valence-electron chi connectivity index (χ2n) is 6.42. The molecule has 0 spiro atoms. The molecule has 0 radical (unpaired) electrons. The predicted octanol–water partition coefficient (Wildman–Crippen LogP) is 6.62. The molecular weight excluding hydrogens is 321 g/mol. The fourth-order valence-corrected chi connectivity index (χ4v) is 3.58. The Morgan fingerprint density at radius 3 is 2.24 bits per heavy atom. The van der Waals surface area contributed by atoms with E-state index in [1.165, 1.54) is 12.1 Å². The predicted molar refractivity (Wildman–Crippen MR) is 94.2 cm³/mol. The summed E-state index contributed by atoms with van der Waals surface area (Å²) in [4.78, 5) is 0. The Morgan fingerprint density at radius 2 is 1.52 bits per heavy atom. The number of halogens is 3. The van der Waals surface area contributed by atoms with E-state index in [1.807, 2.05) is 25.1 Å². The summed E-state index contributed by atoms with van der Waals surface area (Å²) < 4.78 is 42.9. The molecule has 0 saturated heterocycles. The molecular formula is C22H17F3. The zero-order valence-electron chi connectivity index (χ0n) is 13.8. The van der Waals surface area contributed by atoms with Crippen molar-refractivity contribution in [3.05, 3.63) is 82.9 Å². The van der Waals surface area contributed by atoms with Gasteiger partial charge in [-0.2, -0.15) is 0 Å². The molecule has 1 aliphatic rings. The third-order valence-corrected chi connectivity index (χ3v) is 4.82. The molecule has 0 heterocycles. The van der Waals surface area contributed by atoms with Crippen LogP contribution in [-0.2, 0) is 6.42 Å². The van der Waals surface area contributed by atoms with Gasteiger partial charge in [0.05, 0.1) is 0 Å². The third-order valence-electron chi connectivity index (χ3n) is 4.82. The highest BCUT2D eigenvalue weighted by atomic mass is 19.1. The maximum Gasteiger partial charge on any atom is 0.154 e. The third kappa shape index (κ3) is 2.55. The van der Waals surface area contributed by atoms with Crippen molar-refractivity contribution in [1.29, 1.82) is 0 Å². The van der Waals surface area contributed by atoms with Crippen LogP contribution < -0.4 is 0 Å². The van der Waals surface area contributed by atoms with Crippen LogP contribution in [0.5, 0.6) is 0 Å². The van der Waals surface area contributed by atoms with Crippen LogP contribution in [0.1, 0.15) is 36.2 Å². The van der Waals surface area contributed by atoms with Crippen LogP contribution in [0.3, 0.4) is 0 Å². The second-order valence-corrected chi connectivity index (χ2v) is 6.42. The summed E-state index contributed by atoms with van der Waals surface area (Å²) in [6.45, 7) is 1.98. The van der Waals surface area contributed by atoms with E-state index < -0.39 is 12.0 Å². The number of benzene rings is 3. The fraction of sp³-hybridized carbons (Fsp3) is 0.182. The maximum absolute atomic E-state index is 15.1. The van der Waals surface area contributed by atoms with Crippen molar-refractivity contribution >= 4 is 0 Å². The summed E-state index contributed by atoms with van der Waals surface area (Å²) in [6, 6.07) is 15.1. The van der Waals surface area contributed by atoms with Gasteiger partial charge in [0.2, 0.25) is 0 Å². The molecule has 3 heteroatoms. The van der Waals surface area contributed by atoms with Crippen LogP contribution in [0.2, 0.25) is 0 Å². The number of alkyl halides is 1. The molecule has 25 heavy (non-hydrogen) atoms. The van der Waals surface area contributed by atoms with Gasteiger partial charge in [-0.1, -0.05) is 49.7 Å². The fourth-order valence-electron chi connectivity index (χ4n) is 3.58. The van der Waals surface area contributed by atoms with Gasteiger partial charge in [-0.25, -0.2) is 13.2 Å². The first-order valence-corrected chi connectivity index (χ1v) is 8.45. The van der Waals surface area contributed by atoms with E-state index in [2.05, 4.69) is 0 Å². The van der Waals surface area contributed by atoms with E-state index in [0.29, 0.717) is 23.1 Å². The Morgan fingerprint density at radius 1 is 0.840 bits per heavy atom. The zero-order valence-corrected chi connectivity index (χ0v) is 13.8. The number of rotatable bonds is 3. The molecule has 4 rings (SSSR count). The van der Waals surface area contributed by atoms with E-state index in [4.69, 9.17) is 0 Å². The average molecular weight is 338 g/mol. The summed E-state index contributed by atoms with van der Waals surface area (Å²) in [5.41, 5.74) is 4.15. The van der Waals surface area contributed by atoms with Crippen molar-refractivity contribution in [3.8, 4) is 22.3 Å². The summed E-state index contributed by atoms with van der Waals surface area (Å²) in [5.74, 6) is -0.738. The molecule has 0 N–H and O–H groups in total.